The summed E-state index contributed by atoms with van der Waals surface area (Å²) in [6.45, 7) is 2.56. The zero-order valence-electron chi connectivity index (χ0n) is 12.2. The van der Waals surface area contributed by atoms with Crippen molar-refractivity contribution in [3.05, 3.63) is 36.9 Å². The fourth-order valence-electron chi connectivity index (χ4n) is 3.68. The molecule has 2 aromatic rings. The minimum absolute atomic E-state index is 0.612. The van der Waals surface area contributed by atoms with E-state index in [1.54, 1.807) is 6.20 Å². The Morgan fingerprint density at radius 1 is 1.14 bits per heavy atom. The summed E-state index contributed by atoms with van der Waals surface area (Å²) < 4.78 is 5.32. The maximum absolute atomic E-state index is 5.32. The van der Waals surface area contributed by atoms with Crippen molar-refractivity contribution in [2.45, 2.75) is 37.8 Å². The van der Waals surface area contributed by atoms with Gasteiger partial charge in [0.05, 0.1) is 6.20 Å². The number of hydrogen-bond donors (Lipinski definition) is 1. The molecule has 21 heavy (non-hydrogen) atoms. The van der Waals surface area contributed by atoms with Crippen LogP contribution in [0.5, 0.6) is 0 Å². The average Bonchev–Trinajstić information content (AvgIpc) is 3.19. The number of anilines is 1. The van der Waals surface area contributed by atoms with Crippen molar-refractivity contribution in [3.8, 4) is 11.3 Å². The fraction of sp³-hybridized carbons (Fsp3) is 0.471. The maximum atomic E-state index is 5.32. The first-order chi connectivity index (χ1) is 10.4. The predicted molar refractivity (Wildman–Crippen MR) is 83.2 cm³/mol. The van der Waals surface area contributed by atoms with Gasteiger partial charge in [-0.1, -0.05) is 0 Å². The van der Waals surface area contributed by atoms with Crippen molar-refractivity contribution >= 4 is 5.69 Å². The molecule has 0 aliphatic carbocycles. The Hall–Kier alpha value is -1.81. The minimum atomic E-state index is 0.612. The van der Waals surface area contributed by atoms with Crippen molar-refractivity contribution in [1.82, 2.24) is 9.88 Å². The van der Waals surface area contributed by atoms with Crippen LogP contribution in [0.2, 0.25) is 0 Å². The van der Waals surface area contributed by atoms with E-state index in [-0.39, 0.29) is 0 Å². The molecule has 2 atom stereocenters. The lowest BCUT2D eigenvalue weighted by atomic mass is 9.97. The van der Waals surface area contributed by atoms with Crippen molar-refractivity contribution in [2.75, 3.05) is 18.4 Å². The molecule has 0 bridgehead atoms. The second-order valence-electron chi connectivity index (χ2n) is 6.14. The molecule has 2 saturated heterocycles. The Morgan fingerprint density at radius 3 is 2.86 bits per heavy atom. The van der Waals surface area contributed by atoms with Gasteiger partial charge < -0.3 is 14.6 Å². The number of nitrogens with zero attached hydrogens (tertiary/aromatic N) is 2. The molecule has 1 aromatic carbocycles. The van der Waals surface area contributed by atoms with Gasteiger partial charge in [0.1, 0.15) is 0 Å². The largest absolute Gasteiger partial charge is 0.444 e. The molecule has 4 rings (SSSR count). The molecule has 0 spiro atoms. The van der Waals surface area contributed by atoms with E-state index in [0.717, 1.165) is 17.4 Å². The van der Waals surface area contributed by atoms with E-state index in [1.165, 1.54) is 50.9 Å². The van der Waals surface area contributed by atoms with Gasteiger partial charge in [-0.05, 0) is 56.5 Å². The Morgan fingerprint density at radius 2 is 2.05 bits per heavy atom. The summed E-state index contributed by atoms with van der Waals surface area (Å²) in [5.74, 6) is 0.820. The number of piperidine rings is 1. The van der Waals surface area contributed by atoms with Crippen LogP contribution in [0.4, 0.5) is 5.69 Å². The molecule has 1 aromatic heterocycles. The third-order valence-corrected chi connectivity index (χ3v) is 4.79. The molecule has 3 heterocycles. The number of hydrogen-bond acceptors (Lipinski definition) is 4. The fourth-order valence-corrected chi connectivity index (χ4v) is 3.68. The topological polar surface area (TPSA) is 41.3 Å². The SMILES string of the molecule is c1ncc(-c2ccc(NC3CCN4CCCC4C3)cc2)o1. The Kier molecular flexibility index (Phi) is 3.39. The summed E-state index contributed by atoms with van der Waals surface area (Å²) in [4.78, 5) is 6.62. The third kappa shape index (κ3) is 2.68. The number of benzene rings is 1. The lowest BCUT2D eigenvalue weighted by Gasteiger charge is -2.35. The number of oxazole rings is 1. The van der Waals surface area contributed by atoms with Gasteiger partial charge in [0.2, 0.25) is 0 Å². The molecule has 0 saturated carbocycles. The van der Waals surface area contributed by atoms with Crippen LogP contribution in [-0.2, 0) is 0 Å². The second kappa shape index (κ2) is 5.53. The molecule has 4 nitrogen and oxygen atoms in total. The zero-order chi connectivity index (χ0) is 14.1. The quantitative estimate of drug-likeness (QED) is 0.937. The van der Waals surface area contributed by atoms with Crippen LogP contribution in [-0.4, -0.2) is 35.1 Å². The highest BCUT2D eigenvalue weighted by molar-refractivity contribution is 5.60. The maximum Gasteiger partial charge on any atom is 0.181 e. The summed E-state index contributed by atoms with van der Waals surface area (Å²) in [6.07, 6.45) is 8.51. The van der Waals surface area contributed by atoms with E-state index in [9.17, 15) is 0 Å². The predicted octanol–water partition coefficient (Wildman–Crippen LogP) is 3.38. The molecule has 2 aliphatic rings. The number of rotatable bonds is 3. The van der Waals surface area contributed by atoms with E-state index in [0.29, 0.717) is 6.04 Å². The van der Waals surface area contributed by atoms with Crippen molar-refractivity contribution < 1.29 is 4.42 Å². The van der Waals surface area contributed by atoms with E-state index in [2.05, 4.69) is 39.5 Å². The van der Waals surface area contributed by atoms with Gasteiger partial charge in [0, 0.05) is 29.9 Å². The molecule has 4 heteroatoms. The number of fused-ring (bicyclic) bond motifs is 1. The standard InChI is InChI=1S/C17H21N3O/c1-2-16-10-15(7-9-20(16)8-1)19-14-5-3-13(4-6-14)17-11-18-12-21-17/h3-6,11-12,15-16,19H,1-2,7-10H2. The monoisotopic (exact) mass is 283 g/mol. The highest BCUT2D eigenvalue weighted by Gasteiger charge is 2.31. The van der Waals surface area contributed by atoms with Crippen LogP contribution in [0, 0.1) is 0 Å². The van der Waals surface area contributed by atoms with E-state index in [4.69, 9.17) is 4.42 Å². The lowest BCUT2D eigenvalue weighted by molar-refractivity contribution is 0.188. The molecular formula is C17H21N3O. The van der Waals surface area contributed by atoms with Gasteiger partial charge >= 0.3 is 0 Å². The van der Waals surface area contributed by atoms with E-state index < -0.39 is 0 Å². The summed E-state index contributed by atoms with van der Waals surface area (Å²) in [6, 6.07) is 9.88. The van der Waals surface area contributed by atoms with Gasteiger partial charge in [-0.2, -0.15) is 0 Å². The smallest absolute Gasteiger partial charge is 0.181 e. The zero-order valence-corrected chi connectivity index (χ0v) is 12.2. The summed E-state index contributed by atoms with van der Waals surface area (Å²) in [5.41, 5.74) is 2.28. The van der Waals surface area contributed by atoms with Crippen molar-refractivity contribution in [1.29, 1.82) is 0 Å². The first kappa shape index (κ1) is 12.9. The second-order valence-corrected chi connectivity index (χ2v) is 6.14. The highest BCUT2D eigenvalue weighted by Crippen LogP contribution is 2.29. The van der Waals surface area contributed by atoms with E-state index in [1.807, 2.05) is 0 Å². The van der Waals surface area contributed by atoms with Crippen molar-refractivity contribution in [2.24, 2.45) is 0 Å². The van der Waals surface area contributed by atoms with Crippen LogP contribution < -0.4 is 5.32 Å². The van der Waals surface area contributed by atoms with Crippen molar-refractivity contribution in [3.63, 3.8) is 0 Å². The highest BCUT2D eigenvalue weighted by atomic mass is 16.3. The summed E-state index contributed by atoms with van der Waals surface area (Å²) >= 11 is 0. The molecule has 1 N–H and O–H groups in total. The molecule has 2 fully saturated rings. The lowest BCUT2D eigenvalue weighted by Crippen LogP contribution is -2.42. The van der Waals surface area contributed by atoms with Gasteiger partial charge in [-0.15, -0.1) is 0 Å². The van der Waals surface area contributed by atoms with Crippen LogP contribution in [0.3, 0.4) is 0 Å². The summed E-state index contributed by atoms with van der Waals surface area (Å²) in [5, 5.41) is 3.69. The minimum Gasteiger partial charge on any atom is -0.444 e. The average molecular weight is 283 g/mol. The van der Waals surface area contributed by atoms with Gasteiger partial charge in [0.15, 0.2) is 12.2 Å². The van der Waals surface area contributed by atoms with Gasteiger partial charge in [0.25, 0.3) is 0 Å². The Labute approximate surface area is 125 Å². The Bertz CT molecular complexity index is 579. The Balaban J connectivity index is 1.41. The van der Waals surface area contributed by atoms with E-state index >= 15 is 0 Å². The third-order valence-electron chi connectivity index (χ3n) is 4.79. The first-order valence-corrected chi connectivity index (χ1v) is 7.88. The number of nitrogens with one attached hydrogen (secondary N) is 1. The molecular weight excluding hydrogens is 262 g/mol. The number of aromatic nitrogens is 1. The molecule has 110 valence electrons. The van der Waals surface area contributed by atoms with Gasteiger partial charge in [-0.25, -0.2) is 4.98 Å². The van der Waals surface area contributed by atoms with Crippen LogP contribution in [0.25, 0.3) is 11.3 Å². The molecule has 0 amide bonds. The molecule has 0 radical (unpaired) electrons. The molecule has 2 unspecified atom stereocenters. The first-order valence-electron chi connectivity index (χ1n) is 7.88. The van der Waals surface area contributed by atoms with Crippen LogP contribution >= 0.6 is 0 Å². The van der Waals surface area contributed by atoms with Gasteiger partial charge in [-0.3, -0.25) is 0 Å². The van der Waals surface area contributed by atoms with Crippen LogP contribution in [0.1, 0.15) is 25.7 Å². The normalized spacial score (nSPS) is 25.7. The van der Waals surface area contributed by atoms with Crippen LogP contribution in [0.15, 0.2) is 41.3 Å². The molecule has 2 aliphatic heterocycles. The summed E-state index contributed by atoms with van der Waals surface area (Å²) in [7, 11) is 0.